The quantitative estimate of drug-likeness (QED) is 0.242. The number of benzene rings is 2. The highest BCUT2D eigenvalue weighted by atomic mass is 127. The molecule has 0 bridgehead atoms. The molecular formula is C24H29IN6O. The average Bonchev–Trinajstić information content (AvgIpc) is 3.23. The summed E-state index contributed by atoms with van der Waals surface area (Å²) in [5, 5.41) is 9.67. The fourth-order valence-electron chi connectivity index (χ4n) is 3.91. The lowest BCUT2D eigenvalue weighted by Crippen LogP contribution is -2.41. The zero-order chi connectivity index (χ0) is 21.5. The zero-order valence-electron chi connectivity index (χ0n) is 18.1. The van der Waals surface area contributed by atoms with E-state index in [0.29, 0.717) is 19.5 Å². The number of aliphatic imine (C=N–C) groups is 1. The van der Waals surface area contributed by atoms with Gasteiger partial charge in [0.25, 0.3) is 0 Å². The Morgan fingerprint density at radius 1 is 1.16 bits per heavy atom. The van der Waals surface area contributed by atoms with E-state index in [-0.39, 0.29) is 35.8 Å². The summed E-state index contributed by atoms with van der Waals surface area (Å²) in [4.78, 5) is 20.9. The molecule has 7 nitrogen and oxygen atoms in total. The van der Waals surface area contributed by atoms with Crippen molar-refractivity contribution in [1.82, 2.24) is 20.2 Å². The molecule has 0 radical (unpaired) electrons. The fourth-order valence-corrected chi connectivity index (χ4v) is 3.91. The molecular weight excluding hydrogens is 515 g/mol. The van der Waals surface area contributed by atoms with Crippen LogP contribution in [0.1, 0.15) is 29.3 Å². The molecule has 2 aromatic carbocycles. The van der Waals surface area contributed by atoms with Gasteiger partial charge in [-0.1, -0.05) is 48.5 Å². The lowest BCUT2D eigenvalue weighted by molar-refractivity contribution is -0.116. The molecule has 0 aliphatic carbocycles. The van der Waals surface area contributed by atoms with Crippen molar-refractivity contribution >= 4 is 41.5 Å². The van der Waals surface area contributed by atoms with Crippen molar-refractivity contribution in [3.8, 4) is 0 Å². The smallest absolute Gasteiger partial charge is 0.225 e. The molecule has 1 aliphatic heterocycles. The molecule has 1 amide bonds. The summed E-state index contributed by atoms with van der Waals surface area (Å²) in [6.07, 6.45) is 5.12. The summed E-state index contributed by atoms with van der Waals surface area (Å²) < 4.78 is 2.17. The molecule has 0 saturated heterocycles. The molecule has 0 fully saturated rings. The third kappa shape index (κ3) is 6.09. The third-order valence-corrected chi connectivity index (χ3v) is 5.48. The van der Waals surface area contributed by atoms with E-state index >= 15 is 0 Å². The summed E-state index contributed by atoms with van der Waals surface area (Å²) in [5.41, 5.74) is 3.32. The summed E-state index contributed by atoms with van der Waals surface area (Å²) in [5.74, 6) is 1.93. The number of carbonyl (C=O) groups excluding carboxylic acids is 1. The summed E-state index contributed by atoms with van der Waals surface area (Å²) >= 11 is 0. The summed E-state index contributed by atoms with van der Waals surface area (Å²) in [7, 11) is 1.76. The van der Waals surface area contributed by atoms with Crippen molar-refractivity contribution in [1.29, 1.82) is 0 Å². The minimum atomic E-state index is 0. The monoisotopic (exact) mass is 544 g/mol. The number of rotatable bonds is 7. The number of hydrogen-bond acceptors (Lipinski definition) is 3. The van der Waals surface area contributed by atoms with Gasteiger partial charge in [0.1, 0.15) is 5.82 Å². The first kappa shape index (κ1) is 23.8. The minimum Gasteiger partial charge on any atom is -0.356 e. The van der Waals surface area contributed by atoms with Crippen LogP contribution in [-0.4, -0.2) is 41.6 Å². The van der Waals surface area contributed by atoms with Crippen LogP contribution in [0.15, 0.2) is 72.0 Å². The molecule has 1 aromatic heterocycles. The first-order valence-electron chi connectivity index (χ1n) is 10.6. The lowest BCUT2D eigenvalue weighted by Gasteiger charge is -2.26. The first-order chi connectivity index (χ1) is 15.2. The zero-order valence-corrected chi connectivity index (χ0v) is 20.5. The predicted molar refractivity (Wildman–Crippen MR) is 139 cm³/mol. The molecule has 1 unspecified atom stereocenters. The second-order valence-electron chi connectivity index (χ2n) is 7.62. The highest BCUT2D eigenvalue weighted by Crippen LogP contribution is 2.31. The standard InChI is InChI=1S/C24H28N6O.HI/c1-25-24(28-16-19-15-23(31)29-21-10-6-5-9-20(19)21)27-12-11-22-26-13-14-30(22)17-18-7-3-2-4-8-18;/h2-10,13-14,19H,11-12,15-17H2,1H3,(H,29,31)(H2,25,27,28);1H. The maximum Gasteiger partial charge on any atom is 0.225 e. The van der Waals surface area contributed by atoms with E-state index in [4.69, 9.17) is 0 Å². The van der Waals surface area contributed by atoms with Crippen molar-refractivity contribution < 1.29 is 4.79 Å². The molecule has 8 heteroatoms. The van der Waals surface area contributed by atoms with E-state index in [0.717, 1.165) is 36.0 Å². The fraction of sp³-hybridized carbons (Fsp3) is 0.292. The Morgan fingerprint density at radius 3 is 2.75 bits per heavy atom. The second-order valence-corrected chi connectivity index (χ2v) is 7.62. The number of imidazole rings is 1. The SMILES string of the molecule is CN=C(NCCc1nccn1Cc1ccccc1)NCC1CC(=O)Nc2ccccc21.I. The van der Waals surface area contributed by atoms with Crippen LogP contribution in [0, 0.1) is 0 Å². The first-order valence-corrected chi connectivity index (χ1v) is 10.6. The van der Waals surface area contributed by atoms with Gasteiger partial charge in [0.05, 0.1) is 0 Å². The van der Waals surface area contributed by atoms with Gasteiger partial charge in [-0.05, 0) is 17.2 Å². The van der Waals surface area contributed by atoms with Gasteiger partial charge in [0.2, 0.25) is 5.91 Å². The lowest BCUT2D eigenvalue weighted by atomic mass is 9.90. The van der Waals surface area contributed by atoms with Gasteiger partial charge in [0, 0.05) is 63.5 Å². The van der Waals surface area contributed by atoms with Crippen LogP contribution in [-0.2, 0) is 17.8 Å². The Balaban J connectivity index is 0.00000289. The normalized spacial score (nSPS) is 15.3. The van der Waals surface area contributed by atoms with Gasteiger partial charge in [0.15, 0.2) is 5.96 Å². The number of nitrogens with zero attached hydrogens (tertiary/aromatic N) is 3. The molecule has 2 heterocycles. The van der Waals surface area contributed by atoms with Crippen LogP contribution in [0.2, 0.25) is 0 Å². The van der Waals surface area contributed by atoms with Gasteiger partial charge in [-0.3, -0.25) is 9.79 Å². The number of amides is 1. The average molecular weight is 544 g/mol. The maximum absolute atomic E-state index is 12.0. The number of fused-ring (bicyclic) bond motifs is 1. The molecule has 1 aliphatic rings. The highest BCUT2D eigenvalue weighted by molar-refractivity contribution is 14.0. The van der Waals surface area contributed by atoms with E-state index in [1.807, 2.05) is 36.7 Å². The van der Waals surface area contributed by atoms with Crippen LogP contribution in [0.5, 0.6) is 0 Å². The second kappa shape index (κ2) is 11.7. The number of hydrogen-bond donors (Lipinski definition) is 3. The van der Waals surface area contributed by atoms with Crippen molar-refractivity contribution in [2.24, 2.45) is 4.99 Å². The molecule has 4 rings (SSSR count). The van der Waals surface area contributed by atoms with Gasteiger partial charge in [-0.2, -0.15) is 0 Å². The minimum absolute atomic E-state index is 0. The van der Waals surface area contributed by atoms with Crippen LogP contribution in [0.4, 0.5) is 5.69 Å². The topological polar surface area (TPSA) is 83.3 Å². The van der Waals surface area contributed by atoms with Crippen LogP contribution >= 0.6 is 24.0 Å². The molecule has 0 saturated carbocycles. The molecule has 0 spiro atoms. The van der Waals surface area contributed by atoms with Gasteiger partial charge < -0.3 is 20.5 Å². The van der Waals surface area contributed by atoms with Gasteiger partial charge in [-0.15, -0.1) is 24.0 Å². The number of guanidine groups is 1. The van der Waals surface area contributed by atoms with Crippen molar-refractivity contribution in [2.45, 2.75) is 25.3 Å². The van der Waals surface area contributed by atoms with Gasteiger partial charge in [-0.25, -0.2) is 4.98 Å². The molecule has 3 N–H and O–H groups in total. The number of halogens is 1. The molecule has 1 atom stereocenters. The van der Waals surface area contributed by atoms with E-state index in [2.05, 4.69) is 60.8 Å². The molecule has 32 heavy (non-hydrogen) atoms. The Hall–Kier alpha value is -2.88. The van der Waals surface area contributed by atoms with E-state index < -0.39 is 0 Å². The maximum atomic E-state index is 12.0. The van der Waals surface area contributed by atoms with Crippen molar-refractivity contribution in [3.05, 3.63) is 83.9 Å². The van der Waals surface area contributed by atoms with Crippen molar-refractivity contribution in [2.75, 3.05) is 25.5 Å². The summed E-state index contributed by atoms with van der Waals surface area (Å²) in [6.45, 7) is 2.17. The Bertz CT molecular complexity index is 1050. The van der Waals surface area contributed by atoms with Crippen molar-refractivity contribution in [3.63, 3.8) is 0 Å². The van der Waals surface area contributed by atoms with Crippen LogP contribution in [0.25, 0.3) is 0 Å². The number of aromatic nitrogens is 2. The number of carbonyl (C=O) groups is 1. The Labute approximate surface area is 205 Å². The van der Waals surface area contributed by atoms with E-state index in [9.17, 15) is 4.79 Å². The molecule has 168 valence electrons. The summed E-state index contributed by atoms with van der Waals surface area (Å²) in [6, 6.07) is 18.3. The number of anilines is 1. The van der Waals surface area contributed by atoms with E-state index in [1.165, 1.54) is 5.56 Å². The van der Waals surface area contributed by atoms with Crippen LogP contribution in [0.3, 0.4) is 0 Å². The largest absolute Gasteiger partial charge is 0.356 e. The third-order valence-electron chi connectivity index (χ3n) is 5.48. The number of para-hydroxylation sites is 1. The number of nitrogens with one attached hydrogen (secondary N) is 3. The molecule has 3 aromatic rings. The predicted octanol–water partition coefficient (Wildman–Crippen LogP) is 3.38. The van der Waals surface area contributed by atoms with Crippen LogP contribution < -0.4 is 16.0 Å². The highest BCUT2D eigenvalue weighted by Gasteiger charge is 2.24. The van der Waals surface area contributed by atoms with Gasteiger partial charge >= 0.3 is 0 Å². The van der Waals surface area contributed by atoms with E-state index in [1.54, 1.807) is 7.05 Å². The Morgan fingerprint density at radius 2 is 1.94 bits per heavy atom. The Kier molecular flexibility index (Phi) is 8.66.